The fraction of sp³-hybridized carbons (Fsp3) is 0.545. The van der Waals surface area contributed by atoms with E-state index in [9.17, 15) is 9.59 Å². The molecular weight excluding hydrogens is 272 g/mol. The van der Waals surface area contributed by atoms with Crippen LogP contribution in [0.2, 0.25) is 0 Å². The van der Waals surface area contributed by atoms with Gasteiger partial charge in [-0.3, -0.25) is 4.79 Å². The maximum atomic E-state index is 11.9. The number of fused-ring (bicyclic) bond motifs is 1. The number of β-lactam (4-membered cyclic amide) rings is 1. The van der Waals surface area contributed by atoms with Gasteiger partial charge in [0.05, 0.1) is 10.6 Å². The van der Waals surface area contributed by atoms with Crippen LogP contribution in [-0.4, -0.2) is 43.5 Å². The van der Waals surface area contributed by atoms with Crippen molar-refractivity contribution < 1.29 is 14.7 Å². The Balaban J connectivity index is 2.12. The highest BCUT2D eigenvalue weighted by Gasteiger charge is 2.51. The smallest absolute Gasteiger partial charge is 0.334 e. The molecule has 0 spiro atoms. The number of rotatable bonds is 3. The normalized spacial score (nSPS) is 30.1. The first-order valence-corrected chi connectivity index (χ1v) is 7.02. The van der Waals surface area contributed by atoms with E-state index in [4.69, 9.17) is 17.3 Å². The third-order valence-electron chi connectivity index (χ3n) is 3.02. The van der Waals surface area contributed by atoms with Crippen molar-refractivity contribution in [2.24, 2.45) is 0 Å². The first kappa shape index (κ1) is 13.4. The van der Waals surface area contributed by atoms with Gasteiger partial charge in [0, 0.05) is 11.4 Å². The number of thiocarbonyl (C=S) groups is 1. The monoisotopic (exact) mass is 286 g/mol. The number of hydrogen-bond donors (Lipinski definition) is 2. The van der Waals surface area contributed by atoms with Gasteiger partial charge in [0.15, 0.2) is 0 Å². The van der Waals surface area contributed by atoms with Crippen molar-refractivity contribution in [2.75, 3.05) is 0 Å². The van der Waals surface area contributed by atoms with Crippen molar-refractivity contribution >= 4 is 40.8 Å². The minimum atomic E-state index is -0.971. The molecule has 1 fully saturated rings. The summed E-state index contributed by atoms with van der Waals surface area (Å²) < 4.78 is 0. The van der Waals surface area contributed by atoms with Gasteiger partial charge in [0.1, 0.15) is 11.4 Å². The van der Waals surface area contributed by atoms with Crippen LogP contribution in [0.3, 0.4) is 0 Å². The molecule has 18 heavy (non-hydrogen) atoms. The molecule has 0 radical (unpaired) electrons. The summed E-state index contributed by atoms with van der Waals surface area (Å²) in [6.07, 6.45) is 2.14. The van der Waals surface area contributed by atoms with Gasteiger partial charge in [-0.15, -0.1) is 11.8 Å². The Morgan fingerprint density at radius 1 is 1.67 bits per heavy atom. The number of aliphatic carboxylic acids is 1. The number of nitrogens with one attached hydrogen (secondary N) is 1. The van der Waals surface area contributed by atoms with Crippen molar-refractivity contribution in [1.29, 1.82) is 0 Å². The molecule has 0 aromatic rings. The van der Waals surface area contributed by atoms with Crippen LogP contribution < -0.4 is 5.32 Å². The maximum Gasteiger partial charge on any atom is 0.334 e. The van der Waals surface area contributed by atoms with E-state index in [1.165, 1.54) is 22.9 Å². The zero-order valence-corrected chi connectivity index (χ0v) is 11.7. The van der Waals surface area contributed by atoms with E-state index >= 15 is 0 Å². The lowest BCUT2D eigenvalue weighted by molar-refractivity contribution is -0.141. The second kappa shape index (κ2) is 4.89. The van der Waals surface area contributed by atoms with Gasteiger partial charge in [-0.25, -0.2) is 4.79 Å². The number of carboxylic acids is 1. The quantitative estimate of drug-likeness (QED) is 0.595. The third kappa shape index (κ3) is 2.12. The van der Waals surface area contributed by atoms with Gasteiger partial charge in [0.25, 0.3) is 5.91 Å². The summed E-state index contributed by atoms with van der Waals surface area (Å²) in [6, 6.07) is -0.323. The van der Waals surface area contributed by atoms with Crippen molar-refractivity contribution in [1.82, 2.24) is 10.2 Å². The molecule has 3 atom stereocenters. The van der Waals surface area contributed by atoms with Crippen molar-refractivity contribution in [3.05, 3.63) is 11.8 Å². The Bertz CT molecular complexity index is 450. The highest BCUT2D eigenvalue weighted by Crippen LogP contribution is 2.40. The van der Waals surface area contributed by atoms with Crippen molar-refractivity contribution in [2.45, 2.75) is 36.9 Å². The molecule has 0 aromatic heterocycles. The number of hydrogen-bond acceptors (Lipinski definition) is 4. The largest absolute Gasteiger partial charge is 0.478 e. The molecule has 7 heteroatoms. The molecule has 5 nitrogen and oxygen atoms in total. The molecule has 0 aliphatic carbocycles. The number of carbonyl (C=O) groups excluding carboxylic acids is 1. The molecule has 1 saturated heterocycles. The van der Waals surface area contributed by atoms with Crippen LogP contribution >= 0.6 is 24.0 Å². The van der Waals surface area contributed by atoms with E-state index in [-0.39, 0.29) is 28.1 Å². The summed E-state index contributed by atoms with van der Waals surface area (Å²) in [5.41, 5.74) is 0.265. The molecule has 2 aliphatic heterocycles. The van der Waals surface area contributed by atoms with Crippen LogP contribution in [0.25, 0.3) is 0 Å². The fourth-order valence-electron chi connectivity index (χ4n) is 1.94. The lowest BCUT2D eigenvalue weighted by Crippen LogP contribution is -2.68. The zero-order valence-electron chi connectivity index (χ0n) is 10.0. The highest BCUT2D eigenvalue weighted by molar-refractivity contribution is 8.00. The van der Waals surface area contributed by atoms with Gasteiger partial charge in [0.2, 0.25) is 0 Å². The number of carbonyl (C=O) groups is 2. The Kier molecular flexibility index (Phi) is 3.63. The molecule has 1 amide bonds. The summed E-state index contributed by atoms with van der Waals surface area (Å²) in [7, 11) is 0. The molecule has 0 saturated carbocycles. The predicted octanol–water partition coefficient (Wildman–Crippen LogP) is 0.954. The minimum Gasteiger partial charge on any atom is -0.478 e. The molecule has 2 heterocycles. The standard InChI is InChI=1S/C11H14N2O3S2/c1-3-7(17)12-8-9(14)13-4-6(11(15)16)5(2)18-10(8)13/h4-5,8,10H,3H2,1-2H3,(H,12,17)(H,15,16)/t5?,8?,10-/m1/s1. The first-order valence-electron chi connectivity index (χ1n) is 5.67. The molecule has 2 unspecified atom stereocenters. The summed E-state index contributed by atoms with van der Waals surface area (Å²) >= 11 is 6.54. The molecule has 2 aliphatic rings. The second-order valence-corrected chi connectivity index (χ2v) is 6.16. The average Bonchev–Trinajstić information content (AvgIpc) is 2.34. The Morgan fingerprint density at radius 2 is 2.33 bits per heavy atom. The van der Waals surface area contributed by atoms with Crippen LogP contribution in [0, 0.1) is 0 Å². The topological polar surface area (TPSA) is 69.6 Å². The molecule has 2 rings (SSSR count). The van der Waals surface area contributed by atoms with Crippen molar-refractivity contribution in [3.8, 4) is 0 Å². The summed E-state index contributed by atoms with van der Waals surface area (Å²) in [5, 5.41) is 11.9. The summed E-state index contributed by atoms with van der Waals surface area (Å²) in [6.45, 7) is 3.76. The van der Waals surface area contributed by atoms with E-state index in [1.807, 2.05) is 13.8 Å². The van der Waals surface area contributed by atoms with Gasteiger partial charge in [-0.2, -0.15) is 0 Å². The number of nitrogens with zero attached hydrogens (tertiary/aromatic N) is 1. The van der Waals surface area contributed by atoms with E-state index < -0.39 is 5.97 Å². The van der Waals surface area contributed by atoms with Gasteiger partial charge < -0.3 is 15.3 Å². The van der Waals surface area contributed by atoms with Crippen LogP contribution in [0.15, 0.2) is 11.8 Å². The first-order chi connectivity index (χ1) is 8.45. The van der Waals surface area contributed by atoms with Crippen LogP contribution in [0.1, 0.15) is 20.3 Å². The van der Waals surface area contributed by atoms with Crippen LogP contribution in [-0.2, 0) is 9.59 Å². The second-order valence-electron chi connectivity index (χ2n) is 4.20. The van der Waals surface area contributed by atoms with Crippen molar-refractivity contribution in [3.63, 3.8) is 0 Å². The lowest BCUT2D eigenvalue weighted by Gasteiger charge is -2.48. The summed E-state index contributed by atoms with van der Waals surface area (Å²) in [4.78, 5) is 25.0. The van der Waals surface area contributed by atoms with Gasteiger partial charge in [-0.05, 0) is 13.3 Å². The fourth-order valence-corrected chi connectivity index (χ4v) is 3.43. The Morgan fingerprint density at radius 3 is 2.89 bits per heavy atom. The molecular formula is C11H14N2O3S2. The Hall–Kier alpha value is -1.08. The van der Waals surface area contributed by atoms with E-state index in [0.717, 1.165) is 0 Å². The van der Waals surface area contributed by atoms with E-state index in [1.54, 1.807) is 0 Å². The zero-order chi connectivity index (χ0) is 13.4. The number of carboxylic acid groups (broad SMARTS) is 1. The number of amides is 1. The molecule has 0 bridgehead atoms. The molecule has 0 aromatic carbocycles. The van der Waals surface area contributed by atoms with Crippen LogP contribution in [0.4, 0.5) is 0 Å². The van der Waals surface area contributed by atoms with Crippen LogP contribution in [0.5, 0.6) is 0 Å². The molecule has 98 valence electrons. The van der Waals surface area contributed by atoms with E-state index in [0.29, 0.717) is 11.4 Å². The predicted molar refractivity (Wildman–Crippen MR) is 73.2 cm³/mol. The van der Waals surface area contributed by atoms with E-state index in [2.05, 4.69) is 5.32 Å². The van der Waals surface area contributed by atoms with Gasteiger partial charge in [-0.1, -0.05) is 19.1 Å². The summed E-state index contributed by atoms with van der Waals surface area (Å²) in [5.74, 6) is -1.09. The SMILES string of the molecule is CCC(=S)NC1C(=O)N2C=C(C(=O)O)C(C)S[C@H]12. The average molecular weight is 286 g/mol. The highest BCUT2D eigenvalue weighted by atomic mass is 32.2. The molecule has 2 N–H and O–H groups in total. The maximum absolute atomic E-state index is 11.9. The third-order valence-corrected chi connectivity index (χ3v) is 4.87. The number of thioether (sulfide) groups is 1. The lowest BCUT2D eigenvalue weighted by atomic mass is 10.1. The van der Waals surface area contributed by atoms with Gasteiger partial charge >= 0.3 is 5.97 Å². The Labute approximate surface area is 115 Å². The minimum absolute atomic E-state index is 0.0555.